The largest absolute Gasteiger partial charge is 0.377 e. The quantitative estimate of drug-likeness (QED) is 0.883. The highest BCUT2D eigenvalue weighted by Gasteiger charge is 2.22. The first kappa shape index (κ1) is 14.3. The Balaban J connectivity index is 2.19. The lowest BCUT2D eigenvalue weighted by Gasteiger charge is -2.36. The van der Waals surface area contributed by atoms with E-state index in [9.17, 15) is 0 Å². The van der Waals surface area contributed by atoms with E-state index in [0.29, 0.717) is 6.04 Å². The second-order valence-corrected chi connectivity index (χ2v) is 5.09. The van der Waals surface area contributed by atoms with Crippen molar-refractivity contribution < 1.29 is 4.74 Å². The van der Waals surface area contributed by atoms with Gasteiger partial charge in [-0.05, 0) is 37.6 Å². The van der Waals surface area contributed by atoms with Crippen molar-refractivity contribution in [2.24, 2.45) is 0 Å². The molecular weight excluding hydrogens is 238 g/mol. The zero-order valence-corrected chi connectivity index (χ0v) is 12.3. The zero-order chi connectivity index (χ0) is 13.7. The first-order valence-electron chi connectivity index (χ1n) is 7.27. The van der Waals surface area contributed by atoms with Gasteiger partial charge in [-0.1, -0.05) is 13.8 Å². The molecule has 1 aliphatic rings. The molecule has 2 heterocycles. The van der Waals surface area contributed by atoms with Crippen LogP contribution < -0.4 is 10.2 Å². The van der Waals surface area contributed by atoms with Gasteiger partial charge < -0.3 is 15.0 Å². The highest BCUT2D eigenvalue weighted by Crippen LogP contribution is 2.21. The van der Waals surface area contributed by atoms with Crippen LogP contribution in [0.5, 0.6) is 0 Å². The maximum absolute atomic E-state index is 5.57. The number of rotatable bonds is 5. The Morgan fingerprint density at radius 1 is 1.42 bits per heavy atom. The first-order valence-corrected chi connectivity index (χ1v) is 7.27. The van der Waals surface area contributed by atoms with Gasteiger partial charge in [-0.15, -0.1) is 0 Å². The molecule has 0 radical (unpaired) electrons. The van der Waals surface area contributed by atoms with Crippen LogP contribution in [0.2, 0.25) is 0 Å². The van der Waals surface area contributed by atoms with Crippen LogP contribution in [0.4, 0.5) is 5.82 Å². The summed E-state index contributed by atoms with van der Waals surface area (Å²) in [5.41, 5.74) is 2.40. The summed E-state index contributed by atoms with van der Waals surface area (Å²) in [5.74, 6) is 1.10. The summed E-state index contributed by atoms with van der Waals surface area (Å²) in [6.45, 7) is 10.9. The molecule has 4 nitrogen and oxygen atoms in total. The Morgan fingerprint density at radius 2 is 2.26 bits per heavy atom. The van der Waals surface area contributed by atoms with Gasteiger partial charge in [-0.2, -0.15) is 0 Å². The average Bonchev–Trinajstić information content (AvgIpc) is 2.44. The number of hydrogen-bond acceptors (Lipinski definition) is 4. The molecule has 1 saturated heterocycles. The van der Waals surface area contributed by atoms with Gasteiger partial charge in [0.2, 0.25) is 0 Å². The van der Waals surface area contributed by atoms with Crippen LogP contribution in [0.15, 0.2) is 12.1 Å². The van der Waals surface area contributed by atoms with Gasteiger partial charge in [-0.3, -0.25) is 0 Å². The molecule has 1 fully saturated rings. The van der Waals surface area contributed by atoms with Gasteiger partial charge in [0.05, 0.1) is 19.3 Å². The van der Waals surface area contributed by atoms with Crippen molar-refractivity contribution in [1.82, 2.24) is 10.3 Å². The van der Waals surface area contributed by atoms with Crippen LogP contribution in [0.3, 0.4) is 0 Å². The van der Waals surface area contributed by atoms with E-state index in [1.54, 1.807) is 0 Å². The van der Waals surface area contributed by atoms with Crippen LogP contribution in [0.1, 0.15) is 31.5 Å². The summed E-state index contributed by atoms with van der Waals surface area (Å²) in [6.07, 6.45) is 1.10. The van der Waals surface area contributed by atoms with Crippen LogP contribution in [0.25, 0.3) is 0 Å². The van der Waals surface area contributed by atoms with Crippen molar-refractivity contribution in [1.29, 1.82) is 0 Å². The van der Waals surface area contributed by atoms with Crippen molar-refractivity contribution in [3.63, 3.8) is 0 Å². The molecule has 1 aromatic rings. The summed E-state index contributed by atoms with van der Waals surface area (Å²) in [7, 11) is 0. The predicted octanol–water partition coefficient (Wildman–Crippen LogP) is 2.11. The lowest BCUT2D eigenvalue weighted by atomic mass is 10.1. The normalized spacial score (nSPS) is 19.7. The highest BCUT2D eigenvalue weighted by atomic mass is 16.5. The van der Waals surface area contributed by atoms with Crippen molar-refractivity contribution in [3.05, 3.63) is 23.4 Å². The maximum Gasteiger partial charge on any atom is 0.129 e. The number of morpholine rings is 1. The summed E-state index contributed by atoms with van der Waals surface area (Å²) < 4.78 is 5.57. The van der Waals surface area contributed by atoms with Crippen LogP contribution in [-0.4, -0.2) is 37.3 Å². The second-order valence-electron chi connectivity index (χ2n) is 5.09. The Morgan fingerprint density at radius 3 is 3.00 bits per heavy atom. The topological polar surface area (TPSA) is 37.4 Å². The lowest BCUT2D eigenvalue weighted by Crippen LogP contribution is -2.45. The Kier molecular flexibility index (Phi) is 5.16. The number of aryl methyl sites for hydroxylation is 1. The van der Waals surface area contributed by atoms with E-state index < -0.39 is 0 Å². The molecule has 1 aliphatic heterocycles. The molecule has 1 N–H and O–H groups in total. The monoisotopic (exact) mass is 263 g/mol. The summed E-state index contributed by atoms with van der Waals surface area (Å²) in [4.78, 5) is 7.10. The predicted molar refractivity (Wildman–Crippen MR) is 78.6 cm³/mol. The molecule has 2 rings (SSSR count). The third kappa shape index (κ3) is 3.67. The molecule has 1 atom stereocenters. The highest BCUT2D eigenvalue weighted by molar-refractivity contribution is 5.44. The minimum Gasteiger partial charge on any atom is -0.377 e. The van der Waals surface area contributed by atoms with Crippen molar-refractivity contribution >= 4 is 5.82 Å². The Labute approximate surface area is 116 Å². The number of nitrogens with one attached hydrogen (secondary N) is 1. The molecule has 106 valence electrons. The van der Waals surface area contributed by atoms with E-state index in [-0.39, 0.29) is 0 Å². The fourth-order valence-corrected chi connectivity index (χ4v) is 2.53. The molecule has 1 unspecified atom stereocenters. The number of ether oxygens (including phenoxy) is 1. The molecule has 1 aromatic heterocycles. The van der Waals surface area contributed by atoms with Gasteiger partial charge in [0.15, 0.2) is 0 Å². The fraction of sp³-hybridized carbons (Fsp3) is 0.667. The first-order chi connectivity index (χ1) is 9.24. The zero-order valence-electron chi connectivity index (χ0n) is 12.3. The van der Waals surface area contributed by atoms with Gasteiger partial charge in [-0.25, -0.2) is 4.98 Å². The SMILES string of the molecule is CCNCc1cc(C)nc(N2CCOCC2CC)c1. The van der Waals surface area contributed by atoms with Gasteiger partial charge in [0.1, 0.15) is 5.82 Å². The summed E-state index contributed by atoms with van der Waals surface area (Å²) in [6, 6.07) is 4.83. The molecule has 0 aromatic carbocycles. The van der Waals surface area contributed by atoms with E-state index in [1.165, 1.54) is 5.56 Å². The van der Waals surface area contributed by atoms with Gasteiger partial charge >= 0.3 is 0 Å². The van der Waals surface area contributed by atoms with Gasteiger partial charge in [0.25, 0.3) is 0 Å². The fourth-order valence-electron chi connectivity index (χ4n) is 2.53. The van der Waals surface area contributed by atoms with E-state index in [2.05, 4.69) is 43.1 Å². The van der Waals surface area contributed by atoms with Crippen molar-refractivity contribution in [3.8, 4) is 0 Å². The number of aromatic nitrogens is 1. The average molecular weight is 263 g/mol. The minimum absolute atomic E-state index is 0.454. The summed E-state index contributed by atoms with van der Waals surface area (Å²) >= 11 is 0. The maximum atomic E-state index is 5.57. The van der Waals surface area contributed by atoms with Gasteiger partial charge in [0, 0.05) is 18.8 Å². The third-order valence-corrected chi connectivity index (χ3v) is 3.57. The van der Waals surface area contributed by atoms with Crippen LogP contribution in [-0.2, 0) is 11.3 Å². The Hall–Kier alpha value is -1.13. The molecule has 0 saturated carbocycles. The molecule has 19 heavy (non-hydrogen) atoms. The lowest BCUT2D eigenvalue weighted by molar-refractivity contribution is 0.0925. The molecule has 0 bridgehead atoms. The van der Waals surface area contributed by atoms with E-state index >= 15 is 0 Å². The summed E-state index contributed by atoms with van der Waals surface area (Å²) in [5, 5.41) is 3.38. The minimum atomic E-state index is 0.454. The van der Waals surface area contributed by atoms with Crippen molar-refractivity contribution in [2.45, 2.75) is 39.8 Å². The third-order valence-electron chi connectivity index (χ3n) is 3.57. The van der Waals surface area contributed by atoms with E-state index in [4.69, 9.17) is 9.72 Å². The number of hydrogen-bond donors (Lipinski definition) is 1. The number of pyridine rings is 1. The van der Waals surface area contributed by atoms with E-state index in [0.717, 1.165) is 50.8 Å². The molecule has 4 heteroatoms. The van der Waals surface area contributed by atoms with Crippen LogP contribution >= 0.6 is 0 Å². The standard InChI is InChI=1S/C15H25N3O/c1-4-14-11-19-7-6-18(14)15-9-13(10-16-5-2)8-12(3)17-15/h8-9,14,16H,4-7,10-11H2,1-3H3. The Bertz CT molecular complexity index is 408. The number of anilines is 1. The molecular formula is C15H25N3O. The van der Waals surface area contributed by atoms with Crippen molar-refractivity contribution in [2.75, 3.05) is 31.2 Å². The second kappa shape index (κ2) is 6.87. The molecule has 0 aliphatic carbocycles. The van der Waals surface area contributed by atoms with E-state index in [1.807, 2.05) is 0 Å². The molecule has 0 amide bonds. The smallest absolute Gasteiger partial charge is 0.129 e. The van der Waals surface area contributed by atoms with Crippen LogP contribution in [0, 0.1) is 6.92 Å². The number of nitrogens with zero attached hydrogens (tertiary/aromatic N) is 2. The molecule has 0 spiro atoms.